The molecule has 0 radical (unpaired) electrons. The van der Waals surface area contributed by atoms with Crippen LogP contribution in [0.1, 0.15) is 70.4 Å². The first kappa shape index (κ1) is 37.7. The Morgan fingerprint density at radius 1 is 1.21 bits per heavy atom. The van der Waals surface area contributed by atoms with Crippen molar-refractivity contribution in [3.05, 3.63) is 46.4 Å². The maximum absolute atomic E-state index is 14.6. The van der Waals surface area contributed by atoms with Crippen LogP contribution in [0.15, 0.2) is 35.7 Å². The van der Waals surface area contributed by atoms with Crippen molar-refractivity contribution in [3.8, 4) is 22.2 Å². The number of fused-ring (bicyclic) bond motifs is 2. The van der Waals surface area contributed by atoms with Gasteiger partial charge in [-0.05, 0) is 43.7 Å². The number of alkyl halides is 1. The lowest BCUT2D eigenvalue weighted by Gasteiger charge is -2.26. The predicted octanol–water partition coefficient (Wildman–Crippen LogP) is 5.44. The summed E-state index contributed by atoms with van der Waals surface area (Å²) >= 11 is 8.14. The topological polar surface area (TPSA) is 169 Å². The van der Waals surface area contributed by atoms with E-state index in [1.165, 1.54) is 23.3 Å². The van der Waals surface area contributed by atoms with Gasteiger partial charge >= 0.3 is 6.03 Å². The number of benzene rings is 1. The van der Waals surface area contributed by atoms with Gasteiger partial charge in [-0.15, -0.1) is 11.3 Å². The fourth-order valence-electron chi connectivity index (χ4n) is 6.01. The molecule has 0 spiro atoms. The molecule has 3 N–H and O–H groups in total. The molecule has 1 aliphatic heterocycles. The first-order valence-corrected chi connectivity index (χ1v) is 19.9. The van der Waals surface area contributed by atoms with Crippen molar-refractivity contribution < 1.29 is 36.7 Å². The largest absolute Gasteiger partial charge is 0.495 e. The maximum Gasteiger partial charge on any atom is 0.317 e. The standard InChI is InChI=1S/C35H42ClFN6O7S2/c1-20(2)25-19-51-31(39-25)24-17-27(22-10-11-26(49-4)28(36)29(22)38-24)50-16-12-23-30(44)41-35(32(45)42-52(47,48)34(37)13-14-34)18-21(35)9-7-5-6-8-15-43(3)33(46)40-23/h7,9-11,17,19-21,23H,5-6,8,12-16,18H2,1-4H3,(H,40,46)(H,41,44)(H,42,45). The van der Waals surface area contributed by atoms with Crippen LogP contribution in [0.25, 0.3) is 21.6 Å². The summed E-state index contributed by atoms with van der Waals surface area (Å²) in [6, 6.07) is 3.50. The van der Waals surface area contributed by atoms with E-state index in [0.29, 0.717) is 52.5 Å². The average Bonchev–Trinajstić information content (AvgIpc) is 3.96. The molecule has 280 valence electrons. The van der Waals surface area contributed by atoms with Gasteiger partial charge in [0.15, 0.2) is 0 Å². The molecule has 3 aliphatic rings. The summed E-state index contributed by atoms with van der Waals surface area (Å²) in [5.41, 5.74) is 0.228. The number of nitrogens with zero attached hydrogens (tertiary/aromatic N) is 3. The lowest BCUT2D eigenvalue weighted by Crippen LogP contribution is -2.58. The van der Waals surface area contributed by atoms with E-state index in [1.807, 2.05) is 30.0 Å². The smallest absolute Gasteiger partial charge is 0.317 e. The van der Waals surface area contributed by atoms with E-state index in [2.05, 4.69) is 10.6 Å². The summed E-state index contributed by atoms with van der Waals surface area (Å²) in [5.74, 6) is -1.22. The molecular weight excluding hydrogens is 735 g/mol. The number of aromatic nitrogens is 2. The van der Waals surface area contributed by atoms with Crippen molar-refractivity contribution >= 4 is 61.7 Å². The molecule has 3 atom stereocenters. The number of ether oxygens (including phenoxy) is 2. The molecule has 2 saturated carbocycles. The molecule has 0 saturated heterocycles. The highest BCUT2D eigenvalue weighted by Gasteiger charge is 2.63. The molecule has 3 aromatic rings. The third kappa shape index (κ3) is 7.69. The Balaban J connectivity index is 1.27. The molecule has 2 aliphatic carbocycles. The van der Waals surface area contributed by atoms with Crippen molar-refractivity contribution in [2.24, 2.45) is 5.92 Å². The van der Waals surface area contributed by atoms with Gasteiger partial charge in [-0.25, -0.2) is 32.3 Å². The number of amides is 4. The summed E-state index contributed by atoms with van der Waals surface area (Å²) in [6.07, 6.45) is 5.43. The van der Waals surface area contributed by atoms with E-state index >= 15 is 0 Å². The van der Waals surface area contributed by atoms with Gasteiger partial charge in [0.25, 0.3) is 15.9 Å². The van der Waals surface area contributed by atoms with Gasteiger partial charge in [-0.3, -0.25) is 9.59 Å². The molecule has 13 nitrogen and oxygen atoms in total. The van der Waals surface area contributed by atoms with Crippen LogP contribution >= 0.6 is 22.9 Å². The van der Waals surface area contributed by atoms with E-state index in [1.54, 1.807) is 31.3 Å². The number of carbonyl (C=O) groups is 3. The average molecular weight is 777 g/mol. The normalized spacial score (nSPS) is 23.3. The van der Waals surface area contributed by atoms with Crippen LogP contribution in [0.5, 0.6) is 11.5 Å². The first-order chi connectivity index (χ1) is 24.7. The van der Waals surface area contributed by atoms with E-state index in [-0.39, 0.29) is 43.2 Å². The number of pyridine rings is 1. The highest BCUT2D eigenvalue weighted by Crippen LogP contribution is 2.48. The van der Waals surface area contributed by atoms with Gasteiger partial charge in [0.05, 0.1) is 24.9 Å². The van der Waals surface area contributed by atoms with Crippen molar-refractivity contribution in [2.45, 2.75) is 81.3 Å². The quantitative estimate of drug-likeness (QED) is 0.227. The number of sulfonamides is 1. The van der Waals surface area contributed by atoms with Gasteiger partial charge < -0.3 is 25.0 Å². The third-order valence-electron chi connectivity index (χ3n) is 9.62. The number of thiazole rings is 1. The number of nitrogens with one attached hydrogen (secondary N) is 3. The second-order valence-electron chi connectivity index (χ2n) is 13.8. The van der Waals surface area contributed by atoms with Crippen LogP contribution in [0.4, 0.5) is 9.18 Å². The third-order valence-corrected chi connectivity index (χ3v) is 12.7. The molecule has 52 heavy (non-hydrogen) atoms. The highest BCUT2D eigenvalue weighted by atomic mass is 35.5. The monoisotopic (exact) mass is 776 g/mol. The van der Waals surface area contributed by atoms with Crippen LogP contribution in [0.2, 0.25) is 5.02 Å². The first-order valence-electron chi connectivity index (χ1n) is 17.2. The Morgan fingerprint density at radius 3 is 2.67 bits per heavy atom. The Hall–Kier alpha value is -4.02. The second-order valence-corrected chi connectivity index (χ2v) is 17.0. The van der Waals surface area contributed by atoms with Gasteiger partial charge in [-0.2, -0.15) is 0 Å². The van der Waals surface area contributed by atoms with Crippen LogP contribution in [0.3, 0.4) is 0 Å². The molecule has 4 amide bonds. The zero-order chi connectivity index (χ0) is 37.4. The fourth-order valence-corrected chi connectivity index (χ4v) is 8.49. The number of allylic oxidation sites excluding steroid dienone is 1. The minimum Gasteiger partial charge on any atom is -0.495 e. The number of urea groups is 1. The SMILES string of the molecule is COc1ccc2c(OCCC3NC(=O)N(C)CCCCC=CC4CC4(C(=O)NS(=O)(=O)C4(F)CC4)NC3=O)cc(-c3nc(C(C)C)cs3)nc2c1Cl. The van der Waals surface area contributed by atoms with Crippen LogP contribution in [-0.2, 0) is 19.6 Å². The second kappa shape index (κ2) is 14.8. The number of carbonyl (C=O) groups excluding carboxylic acids is 3. The van der Waals surface area contributed by atoms with E-state index < -0.39 is 50.4 Å². The van der Waals surface area contributed by atoms with Gasteiger partial charge in [0.2, 0.25) is 10.9 Å². The molecule has 2 fully saturated rings. The summed E-state index contributed by atoms with van der Waals surface area (Å²) < 4.78 is 53.5. The van der Waals surface area contributed by atoms with E-state index in [4.69, 9.17) is 31.0 Å². The summed E-state index contributed by atoms with van der Waals surface area (Å²) in [6.45, 7) is 4.48. The van der Waals surface area contributed by atoms with Crippen molar-refractivity contribution in [2.75, 3.05) is 27.3 Å². The lowest BCUT2D eigenvalue weighted by atomic mass is 10.1. The van der Waals surface area contributed by atoms with Crippen molar-refractivity contribution in [1.29, 1.82) is 0 Å². The number of halogens is 2. The molecule has 3 heterocycles. The molecule has 0 bridgehead atoms. The number of hydrogen-bond donors (Lipinski definition) is 3. The van der Waals surface area contributed by atoms with Crippen LogP contribution in [0, 0.1) is 5.92 Å². The summed E-state index contributed by atoms with van der Waals surface area (Å²) in [5, 5.41) is 6.46. The molecule has 2 aromatic heterocycles. The predicted molar refractivity (Wildman–Crippen MR) is 196 cm³/mol. The molecule has 17 heteroatoms. The lowest BCUT2D eigenvalue weighted by molar-refractivity contribution is -0.130. The zero-order valence-electron chi connectivity index (χ0n) is 29.3. The van der Waals surface area contributed by atoms with Crippen LogP contribution in [-0.4, -0.2) is 85.0 Å². The Morgan fingerprint density at radius 2 is 1.98 bits per heavy atom. The number of methoxy groups -OCH3 is 1. The van der Waals surface area contributed by atoms with Gasteiger partial charge in [0, 0.05) is 55.6 Å². The molecule has 6 rings (SSSR count). The summed E-state index contributed by atoms with van der Waals surface area (Å²) in [4.78, 5) is 51.7. The van der Waals surface area contributed by atoms with E-state index in [9.17, 15) is 27.2 Å². The van der Waals surface area contributed by atoms with Crippen molar-refractivity contribution in [3.63, 3.8) is 0 Å². The Kier molecular flexibility index (Phi) is 10.7. The van der Waals surface area contributed by atoms with Crippen molar-refractivity contribution in [1.82, 2.24) is 30.2 Å². The maximum atomic E-state index is 14.6. The van der Waals surface area contributed by atoms with Gasteiger partial charge in [0.1, 0.15) is 38.8 Å². The number of hydrogen-bond acceptors (Lipinski definition) is 10. The Labute approximate surface area is 310 Å². The summed E-state index contributed by atoms with van der Waals surface area (Å²) in [7, 11) is -1.49. The van der Waals surface area contributed by atoms with Crippen LogP contribution < -0.4 is 24.8 Å². The van der Waals surface area contributed by atoms with E-state index in [0.717, 1.165) is 12.1 Å². The molecular formula is C35H42ClFN6O7S2. The van der Waals surface area contributed by atoms with Gasteiger partial charge in [-0.1, -0.05) is 37.6 Å². The minimum absolute atomic E-state index is 0.0344. The minimum atomic E-state index is -4.62. The zero-order valence-corrected chi connectivity index (χ0v) is 31.7. The Bertz CT molecular complexity index is 2020. The number of rotatable bonds is 10. The highest BCUT2D eigenvalue weighted by molar-refractivity contribution is 7.91. The molecule has 1 aromatic carbocycles. The molecule has 3 unspecified atom stereocenters. The fraction of sp³-hybridized carbons (Fsp3) is 0.514.